The second-order valence-corrected chi connectivity index (χ2v) is 4.93. The van der Waals surface area contributed by atoms with E-state index in [1.54, 1.807) is 24.7 Å². The molecule has 6 heteroatoms. The smallest absolute Gasteiger partial charge is 0.242 e. The van der Waals surface area contributed by atoms with Crippen molar-refractivity contribution in [1.29, 1.82) is 0 Å². The highest BCUT2D eigenvalue weighted by Crippen LogP contribution is 2.08. The van der Waals surface area contributed by atoms with Gasteiger partial charge in [0.15, 0.2) is 0 Å². The summed E-state index contributed by atoms with van der Waals surface area (Å²) in [6.07, 6.45) is 3.16. The number of rotatable bonds is 4. The third kappa shape index (κ3) is 2.57. The molecule has 1 aromatic rings. The Bertz CT molecular complexity index is 396. The first-order valence-electron chi connectivity index (χ1n) is 4.21. The lowest BCUT2D eigenvalue weighted by molar-refractivity contribution is 0.265. The quantitative estimate of drug-likeness (QED) is 0.728. The van der Waals surface area contributed by atoms with Gasteiger partial charge in [0, 0.05) is 25.5 Å². The van der Waals surface area contributed by atoms with Crippen LogP contribution in [0.4, 0.5) is 0 Å². The van der Waals surface area contributed by atoms with Crippen LogP contribution in [-0.2, 0) is 17.1 Å². The highest BCUT2D eigenvalue weighted by atomic mass is 32.2. The fraction of sp³-hybridized carbons (Fsp3) is 0.500. The van der Waals surface area contributed by atoms with E-state index >= 15 is 0 Å². The van der Waals surface area contributed by atoms with Crippen molar-refractivity contribution in [1.82, 2.24) is 9.29 Å². The molecule has 80 valence electrons. The summed E-state index contributed by atoms with van der Waals surface area (Å²) in [5.41, 5.74) is 0. The Morgan fingerprint density at radius 2 is 2.29 bits per heavy atom. The van der Waals surface area contributed by atoms with E-state index in [9.17, 15) is 8.42 Å². The van der Waals surface area contributed by atoms with Crippen molar-refractivity contribution in [2.45, 2.75) is 17.9 Å². The second kappa shape index (κ2) is 4.12. The van der Waals surface area contributed by atoms with Crippen LogP contribution >= 0.6 is 0 Å². The summed E-state index contributed by atoms with van der Waals surface area (Å²) in [6, 6.07) is 1.03. The van der Waals surface area contributed by atoms with Gasteiger partial charge in [-0.3, -0.25) is 0 Å². The van der Waals surface area contributed by atoms with Gasteiger partial charge in [-0.1, -0.05) is 0 Å². The molecule has 1 heterocycles. The fourth-order valence-electron chi connectivity index (χ4n) is 1.01. The maximum Gasteiger partial charge on any atom is 0.242 e. The zero-order valence-electron chi connectivity index (χ0n) is 8.14. The van der Waals surface area contributed by atoms with Gasteiger partial charge >= 0.3 is 0 Å². The van der Waals surface area contributed by atoms with Crippen LogP contribution < -0.4 is 4.72 Å². The van der Waals surface area contributed by atoms with E-state index in [2.05, 4.69) is 4.72 Å². The maximum atomic E-state index is 11.6. The summed E-state index contributed by atoms with van der Waals surface area (Å²) >= 11 is 0. The molecule has 0 fully saturated rings. The predicted molar refractivity (Wildman–Crippen MR) is 52.3 cm³/mol. The molecule has 0 aliphatic rings. The molecule has 0 radical (unpaired) electrons. The average molecular weight is 218 g/mol. The molecule has 1 aromatic heterocycles. The number of aliphatic hydroxyl groups excluding tert-OH is 1. The van der Waals surface area contributed by atoms with E-state index in [0.717, 1.165) is 0 Å². The van der Waals surface area contributed by atoms with E-state index in [0.29, 0.717) is 0 Å². The van der Waals surface area contributed by atoms with Crippen LogP contribution in [0.25, 0.3) is 0 Å². The minimum Gasteiger partial charge on any atom is -0.395 e. The first-order valence-corrected chi connectivity index (χ1v) is 5.69. The topological polar surface area (TPSA) is 71.3 Å². The van der Waals surface area contributed by atoms with E-state index in [1.807, 2.05) is 0 Å². The molecule has 0 bridgehead atoms. The molecule has 0 spiro atoms. The van der Waals surface area contributed by atoms with Crippen molar-refractivity contribution in [3.8, 4) is 0 Å². The van der Waals surface area contributed by atoms with Crippen molar-refractivity contribution in [3.05, 3.63) is 18.5 Å². The van der Waals surface area contributed by atoms with Crippen LogP contribution in [0, 0.1) is 0 Å². The van der Waals surface area contributed by atoms with Crippen LogP contribution in [0.3, 0.4) is 0 Å². The number of aromatic nitrogens is 1. The number of nitrogens with zero attached hydrogens (tertiary/aromatic N) is 1. The molecule has 5 nitrogen and oxygen atoms in total. The van der Waals surface area contributed by atoms with E-state index in [-0.39, 0.29) is 11.5 Å². The van der Waals surface area contributed by atoms with Gasteiger partial charge in [-0.15, -0.1) is 0 Å². The molecule has 0 aliphatic heterocycles. The molecule has 0 aromatic carbocycles. The Labute approximate surface area is 83.4 Å². The standard InChI is InChI=1S/C8H14N2O3S/c1-7(6-11)9-14(12,13)8-3-4-10(2)5-8/h3-5,7,9,11H,6H2,1-2H3. The Morgan fingerprint density at radius 3 is 2.71 bits per heavy atom. The van der Waals surface area contributed by atoms with E-state index in [4.69, 9.17) is 5.11 Å². The first kappa shape index (κ1) is 11.2. The summed E-state index contributed by atoms with van der Waals surface area (Å²) in [4.78, 5) is 0.209. The number of hydrogen-bond donors (Lipinski definition) is 2. The second-order valence-electron chi connectivity index (χ2n) is 3.22. The molecule has 0 aliphatic carbocycles. The van der Waals surface area contributed by atoms with Crippen LogP contribution in [0.15, 0.2) is 23.4 Å². The van der Waals surface area contributed by atoms with Gasteiger partial charge in [-0.05, 0) is 13.0 Å². The Balaban J connectivity index is 2.86. The minimum absolute atomic E-state index is 0.209. The van der Waals surface area contributed by atoms with E-state index < -0.39 is 16.1 Å². The monoisotopic (exact) mass is 218 g/mol. The zero-order chi connectivity index (χ0) is 10.8. The van der Waals surface area contributed by atoms with Crippen molar-refractivity contribution in [2.75, 3.05) is 6.61 Å². The van der Waals surface area contributed by atoms with Gasteiger partial charge in [0.1, 0.15) is 0 Å². The fourth-order valence-corrected chi connectivity index (χ4v) is 2.29. The Morgan fingerprint density at radius 1 is 1.64 bits per heavy atom. The van der Waals surface area contributed by atoms with Gasteiger partial charge in [-0.2, -0.15) is 0 Å². The molecule has 14 heavy (non-hydrogen) atoms. The summed E-state index contributed by atoms with van der Waals surface area (Å²) in [5, 5.41) is 8.72. The third-order valence-electron chi connectivity index (χ3n) is 1.75. The summed E-state index contributed by atoms with van der Waals surface area (Å²) in [7, 11) is -1.74. The minimum atomic E-state index is -3.48. The van der Waals surface area contributed by atoms with Crippen LogP contribution in [-0.4, -0.2) is 30.7 Å². The molecular weight excluding hydrogens is 204 g/mol. The van der Waals surface area contributed by atoms with Gasteiger partial charge in [0.05, 0.1) is 11.5 Å². The van der Waals surface area contributed by atoms with Crippen LogP contribution in [0.1, 0.15) is 6.92 Å². The number of nitrogens with one attached hydrogen (secondary N) is 1. The largest absolute Gasteiger partial charge is 0.395 e. The molecule has 1 unspecified atom stereocenters. The SMILES string of the molecule is CC(CO)NS(=O)(=O)c1ccn(C)c1. The number of hydrogen-bond acceptors (Lipinski definition) is 3. The first-order chi connectivity index (χ1) is 6.45. The normalized spacial score (nSPS) is 14.2. The molecular formula is C8H14N2O3S. The van der Waals surface area contributed by atoms with Crippen molar-refractivity contribution < 1.29 is 13.5 Å². The highest BCUT2D eigenvalue weighted by Gasteiger charge is 2.17. The highest BCUT2D eigenvalue weighted by molar-refractivity contribution is 7.89. The molecule has 1 atom stereocenters. The summed E-state index contributed by atoms with van der Waals surface area (Å²) in [5.74, 6) is 0. The maximum absolute atomic E-state index is 11.6. The summed E-state index contributed by atoms with van der Waals surface area (Å²) < 4.78 is 27.2. The van der Waals surface area contributed by atoms with Gasteiger partial charge in [-0.25, -0.2) is 13.1 Å². The van der Waals surface area contributed by atoms with Crippen LogP contribution in [0.2, 0.25) is 0 Å². The lowest BCUT2D eigenvalue weighted by Crippen LogP contribution is -2.34. The van der Waals surface area contributed by atoms with Gasteiger partial charge in [0.25, 0.3) is 0 Å². The molecule has 0 saturated carbocycles. The van der Waals surface area contributed by atoms with E-state index in [1.165, 1.54) is 12.3 Å². The van der Waals surface area contributed by atoms with Gasteiger partial charge in [0.2, 0.25) is 10.0 Å². The Kier molecular flexibility index (Phi) is 3.30. The molecule has 0 amide bonds. The average Bonchev–Trinajstić information content (AvgIpc) is 2.51. The molecule has 0 saturated heterocycles. The number of aliphatic hydroxyl groups is 1. The van der Waals surface area contributed by atoms with Gasteiger partial charge < -0.3 is 9.67 Å². The number of sulfonamides is 1. The predicted octanol–water partition coefficient (Wildman–Crippen LogP) is -0.316. The lowest BCUT2D eigenvalue weighted by Gasteiger charge is -2.09. The van der Waals surface area contributed by atoms with Crippen molar-refractivity contribution in [3.63, 3.8) is 0 Å². The lowest BCUT2D eigenvalue weighted by atomic mass is 10.4. The molecule has 1 rings (SSSR count). The van der Waals surface area contributed by atoms with Crippen molar-refractivity contribution >= 4 is 10.0 Å². The Hall–Kier alpha value is -0.850. The third-order valence-corrected chi connectivity index (χ3v) is 3.32. The van der Waals surface area contributed by atoms with Crippen LogP contribution in [0.5, 0.6) is 0 Å². The molecule has 2 N–H and O–H groups in total. The zero-order valence-corrected chi connectivity index (χ0v) is 8.95. The van der Waals surface area contributed by atoms with Crippen molar-refractivity contribution in [2.24, 2.45) is 7.05 Å². The number of aryl methyl sites for hydroxylation is 1. The summed E-state index contributed by atoms with van der Waals surface area (Å²) in [6.45, 7) is 1.38.